The summed E-state index contributed by atoms with van der Waals surface area (Å²) in [6, 6.07) is 20.5. The Kier molecular flexibility index (Phi) is 6.57. The van der Waals surface area contributed by atoms with Crippen molar-refractivity contribution >= 4 is 50.0 Å². The van der Waals surface area contributed by atoms with E-state index in [1.54, 1.807) is 7.05 Å². The van der Waals surface area contributed by atoms with Gasteiger partial charge in [-0.25, -0.2) is 0 Å². The van der Waals surface area contributed by atoms with Crippen LogP contribution in [0.15, 0.2) is 70.6 Å². The second kappa shape index (κ2) is 9.76. The van der Waals surface area contributed by atoms with Gasteiger partial charge in [0.05, 0.1) is 14.2 Å². The maximum absolute atomic E-state index is 12.6. The van der Waals surface area contributed by atoms with Crippen molar-refractivity contribution in [3.8, 4) is 5.69 Å². The van der Waals surface area contributed by atoms with Gasteiger partial charge in [0, 0.05) is 30.5 Å². The van der Waals surface area contributed by atoms with Gasteiger partial charge in [-0.1, -0.05) is 24.6 Å². The molecule has 2 unspecified atom stereocenters. The first kappa shape index (κ1) is 22.9. The van der Waals surface area contributed by atoms with Crippen LogP contribution in [0.25, 0.3) is 16.6 Å². The van der Waals surface area contributed by atoms with Crippen LogP contribution in [-0.2, 0) is 0 Å². The summed E-state index contributed by atoms with van der Waals surface area (Å²) in [5, 5.41) is 7.04. The third-order valence-corrected chi connectivity index (χ3v) is 8.23. The Bertz CT molecular complexity index is 1360. The highest BCUT2D eigenvalue weighted by Gasteiger charge is 2.25. The minimum atomic E-state index is -0.0893. The highest BCUT2D eigenvalue weighted by atomic mass is 79.9. The molecule has 2 aromatic heterocycles. The van der Waals surface area contributed by atoms with Crippen LogP contribution < -0.4 is 10.6 Å². The lowest BCUT2D eigenvalue weighted by Gasteiger charge is -2.30. The quantitative estimate of drug-likeness (QED) is 0.316. The van der Waals surface area contributed by atoms with Crippen LogP contribution in [-0.4, -0.2) is 29.5 Å². The Balaban J connectivity index is 1.37. The zero-order valence-electron chi connectivity index (χ0n) is 18.9. The zero-order valence-corrected chi connectivity index (χ0v) is 21.3. The van der Waals surface area contributed by atoms with E-state index in [0.717, 1.165) is 50.9 Å². The number of halogens is 1. The number of carbonyl (C=O) groups is 2. The lowest BCUT2D eigenvalue weighted by molar-refractivity contribution is 0.0927. The number of hydrogen-bond acceptors (Lipinski definition) is 3. The van der Waals surface area contributed by atoms with E-state index in [1.165, 1.54) is 16.9 Å². The van der Waals surface area contributed by atoms with Crippen LogP contribution in [0.4, 0.5) is 0 Å². The summed E-state index contributed by atoms with van der Waals surface area (Å²) in [5.41, 5.74) is 4.03. The lowest BCUT2D eigenvalue weighted by atomic mass is 9.81. The number of nitrogens with one attached hydrogen (secondary N) is 2. The third-order valence-electron chi connectivity index (χ3n) is 6.61. The molecule has 5 rings (SSSR count). The Hall–Kier alpha value is -2.90. The largest absolute Gasteiger partial charge is 0.355 e. The van der Waals surface area contributed by atoms with Gasteiger partial charge in [-0.05, 0) is 94.5 Å². The van der Waals surface area contributed by atoms with Crippen LogP contribution in [0.5, 0.6) is 0 Å². The number of fused-ring (bicyclic) bond motifs is 1. The molecule has 1 aliphatic carbocycles. The van der Waals surface area contributed by atoms with Gasteiger partial charge < -0.3 is 15.2 Å². The molecule has 1 saturated carbocycles. The van der Waals surface area contributed by atoms with E-state index in [2.05, 4.69) is 67.7 Å². The predicted octanol–water partition coefficient (Wildman–Crippen LogP) is 6.27. The molecule has 174 valence electrons. The van der Waals surface area contributed by atoms with Crippen molar-refractivity contribution in [2.24, 2.45) is 0 Å². The molecule has 2 amide bonds. The van der Waals surface area contributed by atoms with Crippen molar-refractivity contribution in [2.75, 3.05) is 7.05 Å². The summed E-state index contributed by atoms with van der Waals surface area (Å²) < 4.78 is 3.11. The fraction of sp³-hybridized carbons (Fsp3) is 0.259. The summed E-state index contributed by atoms with van der Waals surface area (Å²) in [6.45, 7) is 0. The number of aromatic nitrogens is 1. The molecule has 1 aliphatic rings. The number of carbonyl (C=O) groups excluding carboxylic acids is 2. The number of hydrogen-bond donors (Lipinski definition) is 2. The molecule has 2 N–H and O–H groups in total. The fourth-order valence-corrected chi connectivity index (χ4v) is 6.17. The molecule has 5 nitrogen and oxygen atoms in total. The summed E-state index contributed by atoms with van der Waals surface area (Å²) in [7, 11) is 1.65. The number of thiophene rings is 1. The molecule has 0 radical (unpaired) electrons. The monoisotopic (exact) mass is 535 g/mol. The van der Waals surface area contributed by atoms with Gasteiger partial charge in [0.25, 0.3) is 11.8 Å². The summed E-state index contributed by atoms with van der Waals surface area (Å²) in [5.74, 6) is 0.326. The Morgan fingerprint density at radius 2 is 1.91 bits per heavy atom. The fourth-order valence-electron chi connectivity index (χ4n) is 4.88. The van der Waals surface area contributed by atoms with Crippen LogP contribution in [0.1, 0.15) is 57.2 Å². The van der Waals surface area contributed by atoms with Crippen molar-refractivity contribution in [3.63, 3.8) is 0 Å². The Labute approximate surface area is 211 Å². The molecule has 0 saturated heterocycles. The van der Waals surface area contributed by atoms with Crippen molar-refractivity contribution < 1.29 is 9.59 Å². The highest BCUT2D eigenvalue weighted by molar-refractivity contribution is 9.11. The standard InChI is InChI=1S/C27H26BrN3O2S/c1-29-26(32)20-9-8-17-12-13-31(23(17)16-20)22-7-3-5-19(15-22)18-4-2-6-21(14-18)30-27(33)24-10-11-25(28)34-24/h3,5,7-13,15-16,18,21H,2,4,6,14H2,1H3,(H,29,32)(H,30,33). The minimum Gasteiger partial charge on any atom is -0.355 e. The number of amides is 2. The second-order valence-electron chi connectivity index (χ2n) is 8.77. The average molecular weight is 536 g/mol. The molecule has 2 aromatic carbocycles. The minimum absolute atomic E-state index is 0.0147. The highest BCUT2D eigenvalue weighted by Crippen LogP contribution is 2.34. The Morgan fingerprint density at radius 1 is 1.03 bits per heavy atom. The van der Waals surface area contributed by atoms with Crippen LogP contribution in [0, 0.1) is 0 Å². The van der Waals surface area contributed by atoms with E-state index >= 15 is 0 Å². The zero-order chi connectivity index (χ0) is 23.7. The molecule has 2 heterocycles. The lowest BCUT2D eigenvalue weighted by Crippen LogP contribution is -2.37. The van der Waals surface area contributed by atoms with Gasteiger partial charge in [-0.15, -0.1) is 11.3 Å². The van der Waals surface area contributed by atoms with Gasteiger partial charge in [0.1, 0.15) is 0 Å². The maximum atomic E-state index is 12.6. The average Bonchev–Trinajstić information content (AvgIpc) is 3.49. The molecule has 7 heteroatoms. The predicted molar refractivity (Wildman–Crippen MR) is 141 cm³/mol. The van der Waals surface area contributed by atoms with E-state index in [1.807, 2.05) is 30.3 Å². The van der Waals surface area contributed by atoms with E-state index in [-0.39, 0.29) is 17.9 Å². The number of benzene rings is 2. The van der Waals surface area contributed by atoms with E-state index in [0.29, 0.717) is 11.5 Å². The van der Waals surface area contributed by atoms with Crippen molar-refractivity contribution in [2.45, 2.75) is 37.6 Å². The Morgan fingerprint density at radius 3 is 2.71 bits per heavy atom. The number of nitrogens with zero attached hydrogens (tertiary/aromatic N) is 1. The van der Waals surface area contributed by atoms with Gasteiger partial charge >= 0.3 is 0 Å². The smallest absolute Gasteiger partial charge is 0.261 e. The molecular formula is C27H26BrN3O2S. The van der Waals surface area contributed by atoms with Gasteiger partial charge in [0.2, 0.25) is 0 Å². The summed E-state index contributed by atoms with van der Waals surface area (Å²) in [4.78, 5) is 25.5. The molecule has 0 bridgehead atoms. The summed E-state index contributed by atoms with van der Waals surface area (Å²) in [6.07, 6.45) is 6.22. The summed E-state index contributed by atoms with van der Waals surface area (Å²) >= 11 is 4.90. The molecule has 4 aromatic rings. The number of rotatable bonds is 5. The first-order chi connectivity index (χ1) is 16.5. The first-order valence-electron chi connectivity index (χ1n) is 11.5. The van der Waals surface area contributed by atoms with Gasteiger partial charge in [-0.2, -0.15) is 0 Å². The molecule has 34 heavy (non-hydrogen) atoms. The first-order valence-corrected chi connectivity index (χ1v) is 13.1. The van der Waals surface area contributed by atoms with Crippen molar-refractivity contribution in [3.05, 3.63) is 86.7 Å². The molecule has 2 atom stereocenters. The van der Waals surface area contributed by atoms with E-state index < -0.39 is 0 Å². The molecule has 0 spiro atoms. The normalized spacial score (nSPS) is 18.1. The topological polar surface area (TPSA) is 63.1 Å². The van der Waals surface area contributed by atoms with Gasteiger partial charge in [0.15, 0.2) is 0 Å². The van der Waals surface area contributed by atoms with Crippen molar-refractivity contribution in [1.82, 2.24) is 15.2 Å². The third kappa shape index (κ3) is 4.68. The van der Waals surface area contributed by atoms with E-state index in [9.17, 15) is 9.59 Å². The molecular weight excluding hydrogens is 510 g/mol. The maximum Gasteiger partial charge on any atom is 0.261 e. The second-order valence-corrected chi connectivity index (χ2v) is 11.2. The molecule has 1 fully saturated rings. The van der Waals surface area contributed by atoms with Gasteiger partial charge in [-0.3, -0.25) is 9.59 Å². The van der Waals surface area contributed by atoms with Crippen LogP contribution in [0.3, 0.4) is 0 Å². The van der Waals surface area contributed by atoms with Crippen molar-refractivity contribution in [1.29, 1.82) is 0 Å². The SMILES string of the molecule is CNC(=O)c1ccc2ccn(-c3cccc(C4CCCC(NC(=O)c5ccc(Br)s5)C4)c3)c2c1. The van der Waals surface area contributed by atoms with Crippen LogP contribution in [0.2, 0.25) is 0 Å². The van der Waals surface area contributed by atoms with Crippen LogP contribution >= 0.6 is 27.3 Å². The van der Waals surface area contributed by atoms with E-state index in [4.69, 9.17) is 0 Å². The molecule has 0 aliphatic heterocycles.